The van der Waals surface area contributed by atoms with E-state index in [1.807, 2.05) is 6.07 Å². The van der Waals surface area contributed by atoms with Crippen molar-refractivity contribution in [3.8, 4) is 5.75 Å². The number of hydrogen-bond donors (Lipinski definition) is 2. The first-order valence-corrected chi connectivity index (χ1v) is 6.63. The number of aromatic hydroxyl groups is 1. The van der Waals surface area contributed by atoms with Crippen molar-refractivity contribution in [1.82, 2.24) is 5.32 Å². The fourth-order valence-corrected chi connectivity index (χ4v) is 1.80. The normalized spacial score (nSPS) is 10.6. The van der Waals surface area contributed by atoms with E-state index in [0.29, 0.717) is 5.56 Å². The van der Waals surface area contributed by atoms with Crippen molar-refractivity contribution >= 4 is 5.91 Å². The van der Waals surface area contributed by atoms with Gasteiger partial charge in [-0.3, -0.25) is 4.79 Å². The Hall–Kier alpha value is -1.51. The molecule has 3 heteroatoms. The molecule has 3 nitrogen and oxygen atoms in total. The van der Waals surface area contributed by atoms with E-state index in [4.69, 9.17) is 0 Å². The van der Waals surface area contributed by atoms with Gasteiger partial charge in [0.05, 0.1) is 6.42 Å². The molecule has 0 radical (unpaired) electrons. The van der Waals surface area contributed by atoms with Gasteiger partial charge in [-0.25, -0.2) is 0 Å². The minimum atomic E-state index is -0.0268. The van der Waals surface area contributed by atoms with Gasteiger partial charge in [0.1, 0.15) is 5.75 Å². The quantitative estimate of drug-likeness (QED) is 0.730. The van der Waals surface area contributed by atoms with Crippen LogP contribution in [0.15, 0.2) is 24.3 Å². The van der Waals surface area contributed by atoms with Gasteiger partial charge in [0, 0.05) is 12.1 Å². The SMILES string of the molecule is CC(C)CCCCNC(=O)Cc1ccccc1O. The first kappa shape index (κ1) is 14.6. The molecule has 1 aromatic rings. The highest BCUT2D eigenvalue weighted by atomic mass is 16.3. The van der Waals surface area contributed by atoms with E-state index in [2.05, 4.69) is 19.2 Å². The summed E-state index contributed by atoms with van der Waals surface area (Å²) in [6, 6.07) is 6.95. The van der Waals surface area contributed by atoms with Crippen LogP contribution in [0.5, 0.6) is 5.75 Å². The molecule has 0 heterocycles. The number of benzene rings is 1. The van der Waals surface area contributed by atoms with Gasteiger partial charge in [0.2, 0.25) is 5.91 Å². The van der Waals surface area contributed by atoms with Gasteiger partial charge in [-0.1, -0.05) is 44.9 Å². The lowest BCUT2D eigenvalue weighted by molar-refractivity contribution is -0.120. The maximum absolute atomic E-state index is 11.6. The summed E-state index contributed by atoms with van der Waals surface area (Å²) in [6.45, 7) is 5.13. The highest BCUT2D eigenvalue weighted by Gasteiger charge is 2.06. The van der Waals surface area contributed by atoms with Crippen LogP contribution in [-0.2, 0) is 11.2 Å². The smallest absolute Gasteiger partial charge is 0.224 e. The average Bonchev–Trinajstić information content (AvgIpc) is 2.31. The Morgan fingerprint density at radius 2 is 2.00 bits per heavy atom. The molecule has 100 valence electrons. The maximum Gasteiger partial charge on any atom is 0.224 e. The van der Waals surface area contributed by atoms with Gasteiger partial charge >= 0.3 is 0 Å². The number of carbonyl (C=O) groups excluding carboxylic acids is 1. The van der Waals surface area contributed by atoms with Gasteiger partial charge in [-0.15, -0.1) is 0 Å². The van der Waals surface area contributed by atoms with Crippen LogP contribution in [-0.4, -0.2) is 17.6 Å². The number of hydrogen-bond acceptors (Lipinski definition) is 2. The van der Waals surface area contributed by atoms with E-state index in [-0.39, 0.29) is 18.1 Å². The lowest BCUT2D eigenvalue weighted by atomic mass is 10.1. The second-order valence-corrected chi connectivity index (χ2v) is 5.05. The fourth-order valence-electron chi connectivity index (χ4n) is 1.80. The van der Waals surface area contributed by atoms with Crippen molar-refractivity contribution in [3.63, 3.8) is 0 Å². The number of phenols is 1. The van der Waals surface area contributed by atoms with Crippen LogP contribution in [0.2, 0.25) is 0 Å². The Morgan fingerprint density at radius 3 is 2.67 bits per heavy atom. The summed E-state index contributed by atoms with van der Waals surface area (Å²) in [5.74, 6) is 0.885. The van der Waals surface area contributed by atoms with E-state index < -0.39 is 0 Å². The third-order valence-corrected chi connectivity index (χ3v) is 2.87. The number of phenolic OH excluding ortho intramolecular Hbond substituents is 1. The van der Waals surface area contributed by atoms with Crippen molar-refractivity contribution in [2.24, 2.45) is 5.92 Å². The van der Waals surface area contributed by atoms with Crippen molar-refractivity contribution < 1.29 is 9.90 Å². The summed E-state index contributed by atoms with van der Waals surface area (Å²) < 4.78 is 0. The van der Waals surface area contributed by atoms with E-state index >= 15 is 0 Å². The average molecular weight is 249 g/mol. The van der Waals surface area contributed by atoms with E-state index in [0.717, 1.165) is 25.3 Å². The molecule has 0 spiro atoms. The predicted octanol–water partition coefficient (Wildman–Crippen LogP) is 2.88. The molecule has 0 aromatic heterocycles. The topological polar surface area (TPSA) is 49.3 Å². The van der Waals surface area contributed by atoms with Crippen LogP contribution in [0.25, 0.3) is 0 Å². The Bertz CT molecular complexity index is 375. The molecule has 0 bridgehead atoms. The van der Waals surface area contributed by atoms with Gasteiger partial charge in [0.15, 0.2) is 0 Å². The number of amides is 1. The van der Waals surface area contributed by atoms with Crippen LogP contribution in [0.4, 0.5) is 0 Å². The van der Waals surface area contributed by atoms with Crippen molar-refractivity contribution in [1.29, 1.82) is 0 Å². The second kappa shape index (κ2) is 7.75. The van der Waals surface area contributed by atoms with Gasteiger partial charge in [0.25, 0.3) is 0 Å². The van der Waals surface area contributed by atoms with E-state index in [9.17, 15) is 9.90 Å². The molecule has 1 rings (SSSR count). The third-order valence-electron chi connectivity index (χ3n) is 2.87. The second-order valence-electron chi connectivity index (χ2n) is 5.05. The molecule has 0 saturated carbocycles. The molecule has 0 fully saturated rings. The number of rotatable bonds is 7. The van der Waals surface area contributed by atoms with Crippen LogP contribution in [0.3, 0.4) is 0 Å². The molecule has 18 heavy (non-hydrogen) atoms. The molecule has 0 saturated heterocycles. The van der Waals surface area contributed by atoms with Crippen LogP contribution in [0, 0.1) is 5.92 Å². The van der Waals surface area contributed by atoms with E-state index in [1.165, 1.54) is 6.42 Å². The molecule has 0 aliphatic rings. The number of unbranched alkanes of at least 4 members (excludes halogenated alkanes) is 1. The molecule has 0 aliphatic heterocycles. The first-order chi connectivity index (χ1) is 8.59. The Labute approximate surface area is 109 Å². The van der Waals surface area contributed by atoms with Crippen LogP contribution < -0.4 is 5.32 Å². The highest BCUT2D eigenvalue weighted by molar-refractivity contribution is 5.79. The summed E-state index contributed by atoms with van der Waals surface area (Å²) >= 11 is 0. The van der Waals surface area contributed by atoms with Crippen molar-refractivity contribution in [3.05, 3.63) is 29.8 Å². The van der Waals surface area contributed by atoms with Crippen molar-refractivity contribution in [2.75, 3.05) is 6.54 Å². The highest BCUT2D eigenvalue weighted by Crippen LogP contribution is 2.15. The molecule has 1 aromatic carbocycles. The number of nitrogens with one attached hydrogen (secondary N) is 1. The summed E-state index contributed by atoms with van der Waals surface area (Å²) in [6.07, 6.45) is 3.62. The molecule has 0 aliphatic carbocycles. The zero-order chi connectivity index (χ0) is 13.4. The minimum Gasteiger partial charge on any atom is -0.508 e. The van der Waals surface area contributed by atoms with E-state index in [1.54, 1.807) is 18.2 Å². The lowest BCUT2D eigenvalue weighted by Crippen LogP contribution is -2.26. The minimum absolute atomic E-state index is 0.0268. The number of carbonyl (C=O) groups is 1. The number of para-hydroxylation sites is 1. The standard InChI is InChI=1S/C15H23NO2/c1-12(2)7-5-6-10-16-15(18)11-13-8-3-4-9-14(13)17/h3-4,8-9,12,17H,5-7,10-11H2,1-2H3,(H,16,18). The third kappa shape index (κ3) is 5.71. The molecule has 0 unspecified atom stereocenters. The van der Waals surface area contributed by atoms with Gasteiger partial charge < -0.3 is 10.4 Å². The Balaban J connectivity index is 2.20. The molecule has 2 N–H and O–H groups in total. The summed E-state index contributed by atoms with van der Waals surface area (Å²) in [5.41, 5.74) is 0.678. The van der Waals surface area contributed by atoms with Gasteiger partial charge in [-0.2, -0.15) is 0 Å². The summed E-state index contributed by atoms with van der Waals surface area (Å²) in [4.78, 5) is 11.6. The van der Waals surface area contributed by atoms with Gasteiger partial charge in [-0.05, 0) is 18.4 Å². The fraction of sp³-hybridized carbons (Fsp3) is 0.533. The Morgan fingerprint density at radius 1 is 1.28 bits per heavy atom. The van der Waals surface area contributed by atoms with Crippen LogP contribution in [0.1, 0.15) is 38.7 Å². The zero-order valence-corrected chi connectivity index (χ0v) is 11.3. The zero-order valence-electron chi connectivity index (χ0n) is 11.3. The molecular formula is C15H23NO2. The molecule has 1 amide bonds. The maximum atomic E-state index is 11.6. The largest absolute Gasteiger partial charge is 0.508 e. The first-order valence-electron chi connectivity index (χ1n) is 6.63. The predicted molar refractivity (Wildman–Crippen MR) is 73.5 cm³/mol. The van der Waals surface area contributed by atoms with Crippen molar-refractivity contribution in [2.45, 2.75) is 39.5 Å². The van der Waals surface area contributed by atoms with Crippen LogP contribution >= 0.6 is 0 Å². The summed E-state index contributed by atoms with van der Waals surface area (Å²) in [5, 5.41) is 12.4. The lowest BCUT2D eigenvalue weighted by Gasteiger charge is -2.07. The monoisotopic (exact) mass is 249 g/mol. The molecular weight excluding hydrogens is 226 g/mol. The molecule has 0 atom stereocenters. The summed E-state index contributed by atoms with van der Waals surface area (Å²) in [7, 11) is 0. The Kier molecular flexibility index (Phi) is 6.26.